The smallest absolute Gasteiger partial charge is 0.302 e. The second-order valence-electron chi connectivity index (χ2n) is 10.4. The molecular weight excluding hydrogens is 348 g/mol. The highest BCUT2D eigenvalue weighted by molar-refractivity contribution is 5.66. The quantitative estimate of drug-likeness (QED) is 0.514. The van der Waals surface area contributed by atoms with Crippen LogP contribution in [0.4, 0.5) is 0 Å². The summed E-state index contributed by atoms with van der Waals surface area (Å²) >= 11 is 0. The van der Waals surface area contributed by atoms with Gasteiger partial charge in [0.25, 0.3) is 0 Å². The van der Waals surface area contributed by atoms with Crippen LogP contribution in [0.1, 0.15) is 78.2 Å². The maximum Gasteiger partial charge on any atom is 0.302 e. The number of ether oxygens (including phenoxy) is 1. The molecule has 3 unspecified atom stereocenters. The maximum atomic E-state index is 11.4. The summed E-state index contributed by atoms with van der Waals surface area (Å²) in [7, 11) is 0. The van der Waals surface area contributed by atoms with Gasteiger partial charge in [-0.3, -0.25) is 9.48 Å². The molecule has 4 heteroatoms. The van der Waals surface area contributed by atoms with Crippen molar-refractivity contribution in [3.05, 3.63) is 30.1 Å². The summed E-state index contributed by atoms with van der Waals surface area (Å²) in [5.41, 5.74) is 2.27. The van der Waals surface area contributed by atoms with Crippen LogP contribution in [0, 0.1) is 28.6 Å². The van der Waals surface area contributed by atoms with Gasteiger partial charge in [0.05, 0.1) is 6.04 Å². The lowest BCUT2D eigenvalue weighted by atomic mass is 9.48. The fourth-order valence-electron chi connectivity index (χ4n) is 7.83. The largest absolute Gasteiger partial charge is 0.462 e. The normalized spacial score (nSPS) is 44.8. The minimum atomic E-state index is -0.132. The van der Waals surface area contributed by atoms with Gasteiger partial charge < -0.3 is 4.74 Å². The first-order valence-corrected chi connectivity index (χ1v) is 11.3. The van der Waals surface area contributed by atoms with Crippen molar-refractivity contribution in [1.82, 2.24) is 9.78 Å². The average Bonchev–Trinajstić information content (AvgIpc) is 3.28. The minimum absolute atomic E-state index is 0.0953. The van der Waals surface area contributed by atoms with Crippen LogP contribution >= 0.6 is 0 Å². The molecule has 4 aliphatic carbocycles. The molecule has 1 aromatic rings. The predicted octanol–water partition coefficient (Wildman–Crippen LogP) is 5.32. The number of esters is 1. The Hall–Kier alpha value is -1.58. The topological polar surface area (TPSA) is 44.1 Å². The number of carbonyl (C=O) groups excluding carboxylic acids is 1. The van der Waals surface area contributed by atoms with Gasteiger partial charge in [-0.2, -0.15) is 5.10 Å². The molecule has 4 nitrogen and oxygen atoms in total. The highest BCUT2D eigenvalue weighted by atomic mass is 16.5. The number of allylic oxidation sites excluding steroid dienone is 1. The SMILES string of the molecule is CC(=O)O[C@H]1CC[C@@]2(C)C(=CCC3C2CC[C@@]2(C)C3CC[C@H]2n2cccn2)C1. The zero-order valence-electron chi connectivity index (χ0n) is 17.6. The van der Waals surface area contributed by atoms with Crippen molar-refractivity contribution in [2.45, 2.75) is 84.3 Å². The van der Waals surface area contributed by atoms with Crippen molar-refractivity contribution in [3.8, 4) is 0 Å². The van der Waals surface area contributed by atoms with E-state index in [9.17, 15) is 4.79 Å². The number of hydrogen-bond donors (Lipinski definition) is 0. The fourth-order valence-corrected chi connectivity index (χ4v) is 7.83. The van der Waals surface area contributed by atoms with Crippen molar-refractivity contribution in [1.29, 1.82) is 0 Å². The molecule has 5 rings (SSSR count). The number of hydrogen-bond acceptors (Lipinski definition) is 3. The Bertz CT molecular complexity index is 785. The Balaban J connectivity index is 1.40. The lowest BCUT2D eigenvalue weighted by Crippen LogP contribution is -2.50. The number of aromatic nitrogens is 2. The van der Waals surface area contributed by atoms with Crippen molar-refractivity contribution in [2.24, 2.45) is 28.6 Å². The van der Waals surface area contributed by atoms with E-state index in [2.05, 4.69) is 42.0 Å². The number of nitrogens with zero attached hydrogens (tertiary/aromatic N) is 2. The van der Waals surface area contributed by atoms with Crippen molar-refractivity contribution >= 4 is 5.97 Å². The van der Waals surface area contributed by atoms with Gasteiger partial charge in [-0.05, 0) is 79.6 Å². The molecule has 152 valence electrons. The van der Waals surface area contributed by atoms with Crippen molar-refractivity contribution in [3.63, 3.8) is 0 Å². The molecule has 1 heterocycles. The lowest BCUT2D eigenvalue weighted by molar-refractivity contribution is -0.148. The third-order valence-electron chi connectivity index (χ3n) is 9.19. The molecule has 0 aromatic carbocycles. The highest BCUT2D eigenvalue weighted by Gasteiger charge is 2.59. The van der Waals surface area contributed by atoms with Crippen LogP contribution in [-0.4, -0.2) is 21.9 Å². The molecule has 0 radical (unpaired) electrons. The van der Waals surface area contributed by atoms with Gasteiger partial charge in [0.15, 0.2) is 0 Å². The van der Waals surface area contributed by atoms with Gasteiger partial charge in [0.1, 0.15) is 6.10 Å². The summed E-state index contributed by atoms with van der Waals surface area (Å²) in [6.45, 7) is 6.60. The third kappa shape index (κ3) is 2.63. The van der Waals surface area contributed by atoms with Crippen LogP contribution in [0.3, 0.4) is 0 Å². The van der Waals surface area contributed by atoms with E-state index in [1.807, 2.05) is 6.20 Å². The molecule has 0 amide bonds. The van der Waals surface area contributed by atoms with Crippen LogP contribution in [0.25, 0.3) is 0 Å². The zero-order valence-corrected chi connectivity index (χ0v) is 17.6. The molecule has 0 spiro atoms. The Morgan fingerprint density at radius 3 is 2.79 bits per heavy atom. The first kappa shape index (κ1) is 18.4. The van der Waals surface area contributed by atoms with E-state index in [0.717, 1.165) is 30.6 Å². The van der Waals surface area contributed by atoms with Gasteiger partial charge in [-0.1, -0.05) is 25.5 Å². The summed E-state index contributed by atoms with van der Waals surface area (Å²) in [6.07, 6.45) is 16.4. The van der Waals surface area contributed by atoms with Gasteiger partial charge in [-0.25, -0.2) is 0 Å². The molecular formula is C24H34N2O2. The highest BCUT2D eigenvalue weighted by Crippen LogP contribution is 2.67. The Labute approximate surface area is 168 Å². The molecule has 28 heavy (non-hydrogen) atoms. The van der Waals surface area contributed by atoms with Crippen LogP contribution < -0.4 is 0 Å². The van der Waals surface area contributed by atoms with E-state index in [0.29, 0.717) is 16.9 Å². The molecule has 3 fully saturated rings. The second-order valence-corrected chi connectivity index (χ2v) is 10.4. The first-order valence-electron chi connectivity index (χ1n) is 11.3. The lowest BCUT2D eigenvalue weighted by Gasteiger charge is -2.58. The summed E-state index contributed by atoms with van der Waals surface area (Å²) in [6, 6.07) is 2.63. The van der Waals surface area contributed by atoms with E-state index in [1.165, 1.54) is 45.4 Å². The Morgan fingerprint density at radius 1 is 1.18 bits per heavy atom. The van der Waals surface area contributed by atoms with E-state index in [4.69, 9.17) is 4.74 Å². The van der Waals surface area contributed by atoms with Gasteiger partial charge >= 0.3 is 5.97 Å². The van der Waals surface area contributed by atoms with Crippen LogP contribution in [0.2, 0.25) is 0 Å². The zero-order chi connectivity index (χ0) is 19.5. The number of rotatable bonds is 2. The van der Waals surface area contributed by atoms with Gasteiger partial charge in [-0.15, -0.1) is 0 Å². The monoisotopic (exact) mass is 382 g/mol. The molecule has 0 bridgehead atoms. The van der Waals surface area contributed by atoms with Crippen molar-refractivity contribution < 1.29 is 9.53 Å². The number of carbonyl (C=O) groups is 1. The predicted molar refractivity (Wildman–Crippen MR) is 109 cm³/mol. The van der Waals surface area contributed by atoms with E-state index in [1.54, 1.807) is 5.57 Å². The van der Waals surface area contributed by atoms with E-state index < -0.39 is 0 Å². The maximum absolute atomic E-state index is 11.4. The van der Waals surface area contributed by atoms with Gasteiger partial charge in [0, 0.05) is 25.7 Å². The van der Waals surface area contributed by atoms with Crippen molar-refractivity contribution in [2.75, 3.05) is 0 Å². The first-order chi connectivity index (χ1) is 13.4. The molecule has 4 aliphatic rings. The Kier molecular flexibility index (Phi) is 4.26. The van der Waals surface area contributed by atoms with Crippen LogP contribution in [0.15, 0.2) is 30.1 Å². The minimum Gasteiger partial charge on any atom is -0.462 e. The molecule has 3 saturated carbocycles. The molecule has 1 aromatic heterocycles. The average molecular weight is 383 g/mol. The van der Waals surface area contributed by atoms with Gasteiger partial charge in [0.2, 0.25) is 0 Å². The number of fused-ring (bicyclic) bond motifs is 5. The fraction of sp³-hybridized carbons (Fsp3) is 0.750. The summed E-state index contributed by atoms with van der Waals surface area (Å²) in [5, 5.41) is 4.61. The summed E-state index contributed by atoms with van der Waals surface area (Å²) < 4.78 is 7.82. The molecule has 0 aliphatic heterocycles. The third-order valence-corrected chi connectivity index (χ3v) is 9.19. The van der Waals surface area contributed by atoms with Crippen LogP contribution in [0.5, 0.6) is 0 Å². The summed E-state index contributed by atoms with van der Waals surface area (Å²) in [5.74, 6) is 2.27. The van der Waals surface area contributed by atoms with E-state index in [-0.39, 0.29) is 12.1 Å². The second kappa shape index (κ2) is 6.47. The molecule has 0 saturated heterocycles. The molecule has 7 atom stereocenters. The standard InChI is InChI=1S/C24H34N2O2/c1-16(27)28-18-9-11-23(2)17(15-18)5-6-19-20-7-8-22(26-14-4-13-25-26)24(20,3)12-10-21(19)23/h4-5,13-14,18-22H,6-12,15H2,1-3H3/t18-,19?,20?,21?,22+,23-,24-/m0/s1. The Morgan fingerprint density at radius 2 is 2.04 bits per heavy atom. The van der Waals surface area contributed by atoms with E-state index >= 15 is 0 Å². The molecule has 0 N–H and O–H groups in total. The van der Waals surface area contributed by atoms with Crippen LogP contribution in [-0.2, 0) is 9.53 Å². The summed E-state index contributed by atoms with van der Waals surface area (Å²) in [4.78, 5) is 11.4.